The van der Waals surface area contributed by atoms with E-state index in [0.717, 1.165) is 16.0 Å². The topological polar surface area (TPSA) is 49.4 Å². The fourth-order valence-electron chi connectivity index (χ4n) is 3.94. The van der Waals surface area contributed by atoms with Crippen molar-refractivity contribution >= 4 is 28.8 Å². The summed E-state index contributed by atoms with van der Waals surface area (Å²) < 4.78 is 14.5. The molecule has 4 rings (SSSR count). The molecule has 3 aromatic rings. The Bertz CT molecular complexity index is 1240. The fraction of sp³-hybridized carbons (Fsp3) is 0.185. The van der Waals surface area contributed by atoms with Crippen LogP contribution in [0.1, 0.15) is 42.0 Å². The number of benzene rings is 3. The van der Waals surface area contributed by atoms with Gasteiger partial charge < -0.3 is 5.32 Å². The molecule has 32 heavy (non-hydrogen) atoms. The summed E-state index contributed by atoms with van der Waals surface area (Å²) in [6, 6.07) is 19.2. The van der Waals surface area contributed by atoms with Crippen LogP contribution >= 0.6 is 0 Å². The van der Waals surface area contributed by atoms with Crippen LogP contribution < -0.4 is 10.2 Å². The number of hydrogen-bond acceptors (Lipinski definition) is 3. The quantitative estimate of drug-likeness (QED) is 0.510. The lowest BCUT2D eigenvalue weighted by Gasteiger charge is -2.16. The van der Waals surface area contributed by atoms with Gasteiger partial charge in [0.2, 0.25) is 0 Å². The lowest BCUT2D eigenvalue weighted by molar-refractivity contribution is -0.120. The zero-order chi connectivity index (χ0) is 23.0. The summed E-state index contributed by atoms with van der Waals surface area (Å²) in [7, 11) is 0. The van der Waals surface area contributed by atoms with Crippen molar-refractivity contribution in [1.82, 2.24) is 0 Å². The van der Waals surface area contributed by atoms with Crippen molar-refractivity contribution in [3.05, 3.63) is 100 Å². The molecule has 0 atom stereocenters. The second-order valence-electron chi connectivity index (χ2n) is 8.37. The molecule has 1 aliphatic heterocycles. The standard InChI is InChI=1S/C27H25FN2O2/c1-16(2)19-10-12-20(13-11-19)29-25-24(21-14-9-17(3)15-18(21)4)26(31)30(27(25)32)23-8-6-5-7-22(23)28/h5-16,29H,1-4H3. The van der Waals surface area contributed by atoms with Gasteiger partial charge in [0.1, 0.15) is 11.5 Å². The monoisotopic (exact) mass is 428 g/mol. The van der Waals surface area contributed by atoms with E-state index in [4.69, 9.17) is 0 Å². The van der Waals surface area contributed by atoms with Crippen LogP contribution in [-0.2, 0) is 9.59 Å². The average Bonchev–Trinajstić information content (AvgIpc) is 2.99. The normalized spacial score (nSPS) is 14.0. The number of hydrogen-bond donors (Lipinski definition) is 1. The van der Waals surface area contributed by atoms with Gasteiger partial charge >= 0.3 is 0 Å². The summed E-state index contributed by atoms with van der Waals surface area (Å²) >= 11 is 0. The molecule has 1 aliphatic rings. The van der Waals surface area contributed by atoms with Crippen molar-refractivity contribution < 1.29 is 14.0 Å². The molecule has 0 saturated carbocycles. The van der Waals surface area contributed by atoms with Gasteiger partial charge in [-0.25, -0.2) is 9.29 Å². The molecular formula is C27H25FN2O2. The van der Waals surface area contributed by atoms with E-state index in [1.807, 2.05) is 56.3 Å². The van der Waals surface area contributed by atoms with Gasteiger partial charge in [-0.05, 0) is 60.7 Å². The average molecular weight is 429 g/mol. The van der Waals surface area contributed by atoms with Crippen LogP contribution in [-0.4, -0.2) is 11.8 Å². The molecule has 2 amide bonds. The van der Waals surface area contributed by atoms with Crippen molar-refractivity contribution in [1.29, 1.82) is 0 Å². The second kappa shape index (κ2) is 8.42. The SMILES string of the molecule is Cc1ccc(C2=C(Nc3ccc(C(C)C)cc3)C(=O)N(c3ccccc3F)C2=O)c(C)c1. The smallest absolute Gasteiger partial charge is 0.282 e. The molecule has 0 unspecified atom stereocenters. The number of para-hydroxylation sites is 1. The number of carbonyl (C=O) groups excluding carboxylic acids is 2. The van der Waals surface area contributed by atoms with Gasteiger partial charge in [0.15, 0.2) is 0 Å². The van der Waals surface area contributed by atoms with Gasteiger partial charge in [-0.1, -0.05) is 61.9 Å². The number of carbonyl (C=O) groups is 2. The first-order chi connectivity index (χ1) is 15.3. The summed E-state index contributed by atoms with van der Waals surface area (Å²) in [5.41, 5.74) is 4.74. The van der Waals surface area contributed by atoms with Crippen LogP contribution in [0.15, 0.2) is 72.4 Å². The Morgan fingerprint density at radius 2 is 1.56 bits per heavy atom. The number of rotatable bonds is 5. The maximum Gasteiger partial charge on any atom is 0.282 e. The first-order valence-corrected chi connectivity index (χ1v) is 10.6. The molecule has 0 aromatic heterocycles. The van der Waals surface area contributed by atoms with E-state index in [0.29, 0.717) is 17.2 Å². The minimum Gasteiger partial charge on any atom is -0.350 e. The van der Waals surface area contributed by atoms with E-state index < -0.39 is 17.6 Å². The van der Waals surface area contributed by atoms with Crippen LogP contribution in [0.4, 0.5) is 15.8 Å². The van der Waals surface area contributed by atoms with Gasteiger partial charge in [0.25, 0.3) is 11.8 Å². The van der Waals surface area contributed by atoms with Crippen molar-refractivity contribution in [3.63, 3.8) is 0 Å². The molecule has 0 saturated heterocycles. The predicted octanol–water partition coefficient (Wildman–Crippen LogP) is 5.96. The van der Waals surface area contributed by atoms with Gasteiger partial charge in [-0.15, -0.1) is 0 Å². The van der Waals surface area contributed by atoms with Gasteiger partial charge in [0, 0.05) is 5.69 Å². The first-order valence-electron chi connectivity index (χ1n) is 10.6. The molecule has 1 heterocycles. The van der Waals surface area contributed by atoms with Crippen molar-refractivity contribution in [3.8, 4) is 0 Å². The number of nitrogens with one attached hydrogen (secondary N) is 1. The van der Waals surface area contributed by atoms with Crippen molar-refractivity contribution in [2.75, 3.05) is 10.2 Å². The first kappa shape index (κ1) is 21.5. The number of aryl methyl sites for hydroxylation is 2. The number of nitrogens with zero attached hydrogens (tertiary/aromatic N) is 1. The van der Waals surface area contributed by atoms with Crippen LogP contribution in [0.2, 0.25) is 0 Å². The van der Waals surface area contributed by atoms with Gasteiger partial charge in [0.05, 0.1) is 11.3 Å². The largest absolute Gasteiger partial charge is 0.350 e. The third kappa shape index (κ3) is 3.82. The van der Waals surface area contributed by atoms with Gasteiger partial charge in [-0.3, -0.25) is 9.59 Å². The fourth-order valence-corrected chi connectivity index (χ4v) is 3.94. The highest BCUT2D eigenvalue weighted by atomic mass is 19.1. The maximum absolute atomic E-state index is 14.5. The molecule has 3 aromatic carbocycles. The molecule has 0 bridgehead atoms. The lowest BCUT2D eigenvalue weighted by atomic mass is 9.97. The van der Waals surface area contributed by atoms with Crippen LogP contribution in [0.3, 0.4) is 0 Å². The summed E-state index contributed by atoms with van der Waals surface area (Å²) in [5.74, 6) is -1.38. The van der Waals surface area contributed by atoms with Crippen LogP contribution in [0.25, 0.3) is 5.57 Å². The van der Waals surface area contributed by atoms with Crippen molar-refractivity contribution in [2.45, 2.75) is 33.6 Å². The van der Waals surface area contributed by atoms with Crippen molar-refractivity contribution in [2.24, 2.45) is 0 Å². The summed E-state index contributed by atoms with van der Waals surface area (Å²) in [5, 5.41) is 3.14. The molecule has 0 spiro atoms. The van der Waals surface area contributed by atoms with Gasteiger partial charge in [-0.2, -0.15) is 0 Å². The zero-order valence-corrected chi connectivity index (χ0v) is 18.6. The molecular weight excluding hydrogens is 403 g/mol. The lowest BCUT2D eigenvalue weighted by Crippen LogP contribution is -2.33. The van der Waals surface area contributed by atoms with E-state index >= 15 is 0 Å². The predicted molar refractivity (Wildman–Crippen MR) is 126 cm³/mol. The zero-order valence-electron chi connectivity index (χ0n) is 18.6. The highest BCUT2D eigenvalue weighted by Gasteiger charge is 2.41. The minimum atomic E-state index is -0.628. The molecule has 4 nitrogen and oxygen atoms in total. The third-order valence-corrected chi connectivity index (χ3v) is 5.68. The molecule has 5 heteroatoms. The molecule has 1 N–H and O–H groups in total. The van der Waals surface area contributed by atoms with E-state index in [1.165, 1.54) is 23.8 Å². The summed E-state index contributed by atoms with van der Waals surface area (Å²) in [6.07, 6.45) is 0. The number of halogens is 1. The van der Waals surface area contributed by atoms with E-state index in [-0.39, 0.29) is 17.0 Å². The molecule has 0 aliphatic carbocycles. The second-order valence-corrected chi connectivity index (χ2v) is 8.37. The van der Waals surface area contributed by atoms with E-state index in [1.54, 1.807) is 6.07 Å². The highest BCUT2D eigenvalue weighted by Crippen LogP contribution is 2.36. The summed E-state index contributed by atoms with van der Waals surface area (Å²) in [6.45, 7) is 8.07. The number of amides is 2. The van der Waals surface area contributed by atoms with Crippen LogP contribution in [0.5, 0.6) is 0 Å². The maximum atomic E-state index is 14.5. The number of anilines is 2. The highest BCUT2D eigenvalue weighted by molar-refractivity contribution is 6.46. The molecule has 0 radical (unpaired) electrons. The Hall–Kier alpha value is -3.73. The molecule has 162 valence electrons. The van der Waals surface area contributed by atoms with E-state index in [2.05, 4.69) is 19.2 Å². The molecule has 0 fully saturated rings. The van der Waals surface area contributed by atoms with Crippen LogP contribution in [0, 0.1) is 19.7 Å². The Kier molecular flexibility index (Phi) is 5.66. The Balaban J connectivity index is 1.83. The number of imide groups is 1. The van der Waals surface area contributed by atoms with E-state index in [9.17, 15) is 14.0 Å². The Morgan fingerprint density at radius 3 is 2.19 bits per heavy atom. The Morgan fingerprint density at radius 1 is 0.875 bits per heavy atom. The summed E-state index contributed by atoms with van der Waals surface area (Å²) in [4.78, 5) is 27.8. The Labute approximate surface area is 187 Å². The third-order valence-electron chi connectivity index (χ3n) is 5.68. The minimum absolute atomic E-state index is 0.0586.